The van der Waals surface area contributed by atoms with Gasteiger partial charge in [0, 0.05) is 17.8 Å². The number of carbonyl (C=O) groups excluding carboxylic acids is 2. The summed E-state index contributed by atoms with van der Waals surface area (Å²) in [6.07, 6.45) is -0.825. The van der Waals surface area contributed by atoms with E-state index < -0.39 is 17.1 Å². The first-order valence-corrected chi connectivity index (χ1v) is 7.78. The molecule has 0 unspecified atom stereocenters. The number of hydrogen-bond acceptors (Lipinski definition) is 7. The van der Waals surface area contributed by atoms with Crippen molar-refractivity contribution in [1.29, 1.82) is 0 Å². The number of nitro groups is 1. The van der Waals surface area contributed by atoms with Gasteiger partial charge in [0.1, 0.15) is 11.5 Å². The van der Waals surface area contributed by atoms with Crippen LogP contribution in [0.3, 0.4) is 0 Å². The number of nitrogens with one attached hydrogen (secondary N) is 2. The highest BCUT2D eigenvalue weighted by Gasteiger charge is 2.14. The molecule has 0 fully saturated rings. The highest BCUT2D eigenvalue weighted by atomic mass is 16.7. The summed E-state index contributed by atoms with van der Waals surface area (Å²) >= 11 is 0. The minimum atomic E-state index is -0.825. The summed E-state index contributed by atoms with van der Waals surface area (Å²) in [5, 5.41) is 15.9. The first kappa shape index (κ1) is 19.5. The summed E-state index contributed by atoms with van der Waals surface area (Å²) < 4.78 is 14.6. The molecule has 2 aromatic carbocycles. The number of urea groups is 1. The molecule has 2 rings (SSSR count). The van der Waals surface area contributed by atoms with Gasteiger partial charge in [-0.3, -0.25) is 10.1 Å². The van der Waals surface area contributed by atoms with Gasteiger partial charge in [-0.25, -0.2) is 9.59 Å². The molecule has 0 heterocycles. The summed E-state index contributed by atoms with van der Waals surface area (Å²) in [6, 6.07) is 9.18. The molecule has 10 nitrogen and oxygen atoms in total. The Bertz CT molecular complexity index is 837. The monoisotopic (exact) mass is 375 g/mol. The maximum Gasteiger partial charge on any atom is 0.513 e. The minimum absolute atomic E-state index is 0.145. The lowest BCUT2D eigenvalue weighted by Crippen LogP contribution is -2.20. The lowest BCUT2D eigenvalue weighted by Gasteiger charge is -2.11. The second kappa shape index (κ2) is 9.04. The summed E-state index contributed by atoms with van der Waals surface area (Å²) in [7, 11) is 1.38. The number of hydrogen-bond donors (Lipinski definition) is 2. The second-order valence-corrected chi connectivity index (χ2v) is 5.03. The third-order valence-corrected chi connectivity index (χ3v) is 3.22. The standard InChI is InChI=1S/C17H17N3O7/c1-3-26-17(22)27-13-7-4-11(5-8-13)18-16(21)19-14-10-12(20(23)24)6-9-15(14)25-2/h4-10H,3H2,1-2H3,(H2,18,19,21). The summed E-state index contributed by atoms with van der Waals surface area (Å²) in [6.45, 7) is 1.85. The number of anilines is 2. The van der Waals surface area contributed by atoms with Crippen molar-refractivity contribution in [3.63, 3.8) is 0 Å². The molecule has 0 radical (unpaired) electrons. The fourth-order valence-corrected chi connectivity index (χ4v) is 2.04. The number of non-ortho nitro benzene ring substituents is 1. The van der Waals surface area contributed by atoms with Crippen LogP contribution >= 0.6 is 0 Å². The molecule has 27 heavy (non-hydrogen) atoms. The predicted molar refractivity (Wildman–Crippen MR) is 96.4 cm³/mol. The first-order valence-electron chi connectivity index (χ1n) is 7.78. The quantitative estimate of drug-likeness (QED) is 0.340. The molecule has 2 aromatic rings. The van der Waals surface area contributed by atoms with Gasteiger partial charge in [0.2, 0.25) is 0 Å². The van der Waals surface area contributed by atoms with E-state index >= 15 is 0 Å². The van der Waals surface area contributed by atoms with E-state index in [1.807, 2.05) is 0 Å². The fraction of sp³-hybridized carbons (Fsp3) is 0.176. The van der Waals surface area contributed by atoms with Gasteiger partial charge in [-0.15, -0.1) is 0 Å². The number of carbonyl (C=O) groups is 2. The Morgan fingerprint density at radius 1 is 1.11 bits per heavy atom. The molecule has 142 valence electrons. The predicted octanol–water partition coefficient (Wildman–Crippen LogP) is 3.78. The zero-order valence-electron chi connectivity index (χ0n) is 14.6. The number of methoxy groups -OCH3 is 1. The van der Waals surface area contributed by atoms with Crippen LogP contribution in [0.15, 0.2) is 42.5 Å². The topological polar surface area (TPSA) is 129 Å². The van der Waals surface area contributed by atoms with Crippen molar-refractivity contribution in [2.45, 2.75) is 6.92 Å². The first-order chi connectivity index (χ1) is 12.9. The maximum absolute atomic E-state index is 12.1. The molecule has 0 aliphatic carbocycles. The average molecular weight is 375 g/mol. The number of nitro benzene ring substituents is 1. The highest BCUT2D eigenvalue weighted by molar-refractivity contribution is 6.00. The number of nitrogens with zero attached hydrogens (tertiary/aromatic N) is 1. The third-order valence-electron chi connectivity index (χ3n) is 3.22. The Kier molecular flexibility index (Phi) is 6.53. The molecule has 0 atom stereocenters. The van der Waals surface area contributed by atoms with E-state index in [0.717, 1.165) is 0 Å². The lowest BCUT2D eigenvalue weighted by molar-refractivity contribution is -0.384. The number of amides is 2. The van der Waals surface area contributed by atoms with Crippen molar-refractivity contribution in [1.82, 2.24) is 0 Å². The lowest BCUT2D eigenvalue weighted by atomic mass is 10.2. The van der Waals surface area contributed by atoms with Gasteiger partial charge in [0.25, 0.3) is 5.69 Å². The van der Waals surface area contributed by atoms with Gasteiger partial charge in [0.05, 0.1) is 24.3 Å². The zero-order valence-corrected chi connectivity index (χ0v) is 14.6. The van der Waals surface area contributed by atoms with Crippen molar-refractivity contribution >= 4 is 29.2 Å². The molecule has 2 N–H and O–H groups in total. The van der Waals surface area contributed by atoms with Gasteiger partial charge >= 0.3 is 12.2 Å². The van der Waals surface area contributed by atoms with Gasteiger partial charge in [-0.05, 0) is 37.3 Å². The van der Waals surface area contributed by atoms with E-state index in [0.29, 0.717) is 5.69 Å². The van der Waals surface area contributed by atoms with Crippen LogP contribution in [-0.4, -0.2) is 30.8 Å². The van der Waals surface area contributed by atoms with Crippen LogP contribution in [0, 0.1) is 10.1 Å². The van der Waals surface area contributed by atoms with E-state index in [9.17, 15) is 19.7 Å². The van der Waals surface area contributed by atoms with Crippen LogP contribution in [0.4, 0.5) is 26.7 Å². The van der Waals surface area contributed by atoms with Gasteiger partial charge in [-0.2, -0.15) is 0 Å². The van der Waals surface area contributed by atoms with Gasteiger partial charge in [-0.1, -0.05) is 0 Å². The molecule has 0 aliphatic heterocycles. The number of benzene rings is 2. The van der Waals surface area contributed by atoms with E-state index in [-0.39, 0.29) is 29.5 Å². The fourth-order valence-electron chi connectivity index (χ4n) is 2.04. The smallest absolute Gasteiger partial charge is 0.495 e. The normalized spacial score (nSPS) is 9.85. The number of rotatable bonds is 6. The zero-order chi connectivity index (χ0) is 19.8. The van der Waals surface area contributed by atoms with Crippen molar-refractivity contribution < 1.29 is 28.7 Å². The molecule has 0 bridgehead atoms. The summed E-state index contributed by atoms with van der Waals surface area (Å²) in [5.41, 5.74) is 0.367. The SMILES string of the molecule is CCOC(=O)Oc1ccc(NC(=O)Nc2cc([N+](=O)[O-])ccc2OC)cc1. The molecule has 0 aromatic heterocycles. The summed E-state index contributed by atoms with van der Waals surface area (Å²) in [5.74, 6) is 0.522. The second-order valence-electron chi connectivity index (χ2n) is 5.03. The van der Waals surface area contributed by atoms with Crippen LogP contribution in [0.5, 0.6) is 11.5 Å². The van der Waals surface area contributed by atoms with Crippen molar-refractivity contribution in [3.8, 4) is 11.5 Å². The van der Waals surface area contributed by atoms with Crippen LogP contribution in [0.1, 0.15) is 6.92 Å². The minimum Gasteiger partial charge on any atom is -0.495 e. The van der Waals surface area contributed by atoms with Crippen LogP contribution in [0.2, 0.25) is 0 Å². The molecule has 10 heteroatoms. The number of ether oxygens (including phenoxy) is 3. The van der Waals surface area contributed by atoms with E-state index in [2.05, 4.69) is 15.4 Å². The molecular formula is C17H17N3O7. The Hall–Kier alpha value is -3.82. The van der Waals surface area contributed by atoms with Crippen LogP contribution < -0.4 is 20.1 Å². The van der Waals surface area contributed by atoms with E-state index in [4.69, 9.17) is 9.47 Å². The maximum atomic E-state index is 12.1. The molecule has 0 saturated heterocycles. The van der Waals surface area contributed by atoms with Crippen molar-refractivity contribution in [2.75, 3.05) is 24.4 Å². The van der Waals surface area contributed by atoms with Crippen molar-refractivity contribution in [2.24, 2.45) is 0 Å². The Morgan fingerprint density at radius 3 is 2.41 bits per heavy atom. The molecule has 0 saturated carbocycles. The molecule has 0 spiro atoms. The Morgan fingerprint density at radius 2 is 1.81 bits per heavy atom. The molecule has 2 amide bonds. The Labute approximate surface area is 154 Å². The third kappa shape index (κ3) is 5.59. The van der Waals surface area contributed by atoms with E-state index in [1.165, 1.54) is 49.6 Å². The highest BCUT2D eigenvalue weighted by Crippen LogP contribution is 2.29. The van der Waals surface area contributed by atoms with Gasteiger partial charge in [0.15, 0.2) is 0 Å². The molecule has 0 aliphatic rings. The van der Waals surface area contributed by atoms with Gasteiger partial charge < -0.3 is 24.8 Å². The molecular weight excluding hydrogens is 358 g/mol. The van der Waals surface area contributed by atoms with Crippen LogP contribution in [0.25, 0.3) is 0 Å². The van der Waals surface area contributed by atoms with E-state index in [1.54, 1.807) is 6.92 Å². The largest absolute Gasteiger partial charge is 0.513 e. The van der Waals surface area contributed by atoms with Crippen LogP contribution in [-0.2, 0) is 4.74 Å². The summed E-state index contributed by atoms with van der Waals surface area (Å²) in [4.78, 5) is 33.6. The Balaban J connectivity index is 2.02. The average Bonchev–Trinajstić information content (AvgIpc) is 2.63. The van der Waals surface area contributed by atoms with Crippen molar-refractivity contribution in [3.05, 3.63) is 52.6 Å².